The van der Waals surface area contributed by atoms with Crippen LogP contribution in [0, 0.1) is 5.92 Å². The van der Waals surface area contributed by atoms with E-state index < -0.39 is 31.6 Å². The number of carbonyl (C=O) groups is 2. The van der Waals surface area contributed by atoms with Gasteiger partial charge in [-0.2, -0.15) is 0 Å². The van der Waals surface area contributed by atoms with Crippen molar-refractivity contribution in [2.75, 3.05) is 6.66 Å². The molecule has 2 unspecified atom stereocenters. The summed E-state index contributed by atoms with van der Waals surface area (Å²) in [7, 11) is -3.92. The van der Waals surface area contributed by atoms with Crippen LogP contribution in [0.1, 0.15) is 26.2 Å². The monoisotopic (exact) mass is 268 g/mol. The molecule has 0 aliphatic heterocycles. The first-order valence-corrected chi connectivity index (χ1v) is 7.15. The van der Waals surface area contributed by atoms with Gasteiger partial charge in [-0.25, -0.2) is 0 Å². The van der Waals surface area contributed by atoms with Crippen molar-refractivity contribution in [3.8, 4) is 0 Å². The Balaban J connectivity index is 4.92. The minimum absolute atomic E-state index is 0.109. The molecular weight excluding hydrogens is 251 g/mol. The Morgan fingerprint density at radius 3 is 2.06 bits per heavy atom. The largest absolute Gasteiger partial charge is 0.481 e. The van der Waals surface area contributed by atoms with Crippen molar-refractivity contribution in [3.05, 3.63) is 0 Å². The summed E-state index contributed by atoms with van der Waals surface area (Å²) in [6.07, 6.45) is 0.0243. The van der Waals surface area contributed by atoms with Crippen LogP contribution in [0.3, 0.4) is 0 Å². The van der Waals surface area contributed by atoms with Gasteiger partial charge >= 0.3 is 19.5 Å². The van der Waals surface area contributed by atoms with Gasteiger partial charge in [0.05, 0.1) is 6.10 Å². The first-order valence-electron chi connectivity index (χ1n) is 5.13. The number of hydrogen-bond acceptors (Lipinski definition) is 4. The van der Waals surface area contributed by atoms with Crippen molar-refractivity contribution >= 4 is 19.5 Å². The zero-order valence-electron chi connectivity index (χ0n) is 9.70. The molecule has 8 heteroatoms. The predicted octanol–water partition coefficient (Wildman–Crippen LogP) is 1.16. The molecule has 17 heavy (non-hydrogen) atoms. The van der Waals surface area contributed by atoms with Gasteiger partial charge < -0.3 is 19.6 Å². The van der Waals surface area contributed by atoms with E-state index in [0.29, 0.717) is 12.8 Å². The molecule has 0 bridgehead atoms. The second-order valence-corrected chi connectivity index (χ2v) is 5.56. The quantitative estimate of drug-likeness (QED) is 0.446. The molecule has 3 N–H and O–H groups in total. The maximum Gasteiger partial charge on any atom is 0.325 e. The number of rotatable bonds is 8. The number of carboxylic acid groups (broad SMARTS) is 2. The average molecular weight is 268 g/mol. The van der Waals surface area contributed by atoms with Crippen molar-refractivity contribution in [1.82, 2.24) is 0 Å². The van der Waals surface area contributed by atoms with Crippen LogP contribution in [-0.2, 0) is 18.7 Å². The Kier molecular flexibility index (Phi) is 6.37. The van der Waals surface area contributed by atoms with E-state index in [9.17, 15) is 14.2 Å². The van der Waals surface area contributed by atoms with Crippen LogP contribution in [0.5, 0.6) is 0 Å². The molecule has 100 valence electrons. The summed E-state index contributed by atoms with van der Waals surface area (Å²) in [5, 5.41) is 17.6. The second kappa shape index (κ2) is 6.74. The highest BCUT2D eigenvalue weighted by molar-refractivity contribution is 7.51. The fourth-order valence-corrected chi connectivity index (χ4v) is 2.09. The van der Waals surface area contributed by atoms with E-state index in [-0.39, 0.29) is 6.42 Å². The Bertz CT molecular complexity index is 307. The summed E-state index contributed by atoms with van der Waals surface area (Å²) in [5.41, 5.74) is 0. The third-order valence-electron chi connectivity index (χ3n) is 2.08. The molecule has 0 aliphatic carbocycles. The Morgan fingerprint density at radius 2 is 1.76 bits per heavy atom. The normalized spacial score (nSPS) is 16.5. The van der Waals surface area contributed by atoms with Crippen LogP contribution < -0.4 is 0 Å². The zero-order chi connectivity index (χ0) is 13.6. The highest BCUT2D eigenvalue weighted by Crippen LogP contribution is 2.41. The maximum atomic E-state index is 11.1. The minimum Gasteiger partial charge on any atom is -0.481 e. The molecular formula is C9H17O7P. The summed E-state index contributed by atoms with van der Waals surface area (Å²) >= 11 is 0. The first-order chi connectivity index (χ1) is 7.69. The molecule has 0 spiro atoms. The third-order valence-corrected chi connectivity index (χ3v) is 2.74. The average Bonchev–Trinajstić information content (AvgIpc) is 2.10. The van der Waals surface area contributed by atoms with Gasteiger partial charge in [-0.05, 0) is 6.42 Å². The third kappa shape index (κ3) is 6.41. The lowest BCUT2D eigenvalue weighted by Gasteiger charge is -2.22. The van der Waals surface area contributed by atoms with E-state index in [4.69, 9.17) is 15.1 Å². The second-order valence-electron chi connectivity index (χ2n) is 3.74. The Morgan fingerprint density at radius 1 is 1.29 bits per heavy atom. The number of carboxylic acids is 2. The molecule has 0 aromatic rings. The molecule has 0 aliphatic rings. The topological polar surface area (TPSA) is 121 Å². The highest BCUT2D eigenvalue weighted by Gasteiger charge is 2.38. The molecule has 0 saturated carbocycles. The van der Waals surface area contributed by atoms with E-state index in [1.54, 1.807) is 0 Å². The van der Waals surface area contributed by atoms with Crippen LogP contribution in [-0.4, -0.2) is 39.8 Å². The van der Waals surface area contributed by atoms with Crippen LogP contribution in [0.25, 0.3) is 0 Å². The summed E-state index contributed by atoms with van der Waals surface area (Å²) in [6, 6.07) is 0. The predicted molar refractivity (Wildman–Crippen MR) is 58.9 cm³/mol. The Hall–Kier alpha value is -0.910. The number of unbranched alkanes of at least 4 members (excludes halogenated alkanes) is 1. The SMILES string of the molecule is CCCCC(OP(C)(=O)O)C(C(=O)O)C(=O)O. The van der Waals surface area contributed by atoms with Gasteiger partial charge in [-0.3, -0.25) is 14.2 Å². The molecule has 0 aromatic heterocycles. The summed E-state index contributed by atoms with van der Waals surface area (Å²) in [5.74, 6) is -4.99. The van der Waals surface area contributed by atoms with Gasteiger partial charge in [0, 0.05) is 6.66 Å². The van der Waals surface area contributed by atoms with Crippen molar-refractivity contribution in [3.63, 3.8) is 0 Å². The van der Waals surface area contributed by atoms with Crippen LogP contribution >= 0.6 is 7.60 Å². The summed E-state index contributed by atoms with van der Waals surface area (Å²) in [4.78, 5) is 30.6. The zero-order valence-corrected chi connectivity index (χ0v) is 10.6. The smallest absolute Gasteiger partial charge is 0.325 e. The lowest BCUT2D eigenvalue weighted by atomic mass is 9.98. The van der Waals surface area contributed by atoms with E-state index >= 15 is 0 Å². The highest BCUT2D eigenvalue weighted by atomic mass is 31.2. The van der Waals surface area contributed by atoms with Crippen molar-refractivity contribution in [2.24, 2.45) is 5.92 Å². The molecule has 7 nitrogen and oxygen atoms in total. The van der Waals surface area contributed by atoms with Gasteiger partial charge in [0.15, 0.2) is 5.92 Å². The van der Waals surface area contributed by atoms with Gasteiger partial charge in [0.2, 0.25) is 0 Å². The van der Waals surface area contributed by atoms with E-state index in [0.717, 1.165) is 6.66 Å². The maximum absolute atomic E-state index is 11.1. The summed E-state index contributed by atoms with van der Waals surface area (Å²) < 4.78 is 15.8. The standard InChI is InChI=1S/C9H17O7P/c1-3-4-5-6(16-17(2,14)15)7(8(10)11)9(12)13/h6-7H,3-5H2,1-2H3,(H,10,11)(H,12,13)(H,14,15). The fourth-order valence-electron chi connectivity index (χ4n) is 1.36. The summed E-state index contributed by atoms with van der Waals surface area (Å²) in [6.45, 7) is 2.73. The molecule has 0 fully saturated rings. The molecule has 2 atom stereocenters. The molecule has 0 radical (unpaired) electrons. The minimum atomic E-state index is -3.92. The Labute approximate surface area is 98.9 Å². The van der Waals surface area contributed by atoms with Gasteiger partial charge in [-0.15, -0.1) is 0 Å². The van der Waals surface area contributed by atoms with Crippen LogP contribution in [0.2, 0.25) is 0 Å². The number of hydrogen-bond donors (Lipinski definition) is 3. The van der Waals surface area contributed by atoms with Crippen molar-refractivity contribution < 1.29 is 33.8 Å². The van der Waals surface area contributed by atoms with Gasteiger partial charge in [0.1, 0.15) is 0 Å². The molecule has 0 rings (SSSR count). The lowest BCUT2D eigenvalue weighted by molar-refractivity contribution is -0.159. The van der Waals surface area contributed by atoms with E-state index in [2.05, 4.69) is 4.52 Å². The van der Waals surface area contributed by atoms with Gasteiger partial charge in [-0.1, -0.05) is 19.8 Å². The number of aliphatic carboxylic acids is 2. The van der Waals surface area contributed by atoms with Crippen molar-refractivity contribution in [2.45, 2.75) is 32.3 Å². The fraction of sp³-hybridized carbons (Fsp3) is 0.778. The lowest BCUT2D eigenvalue weighted by Crippen LogP contribution is -2.36. The molecule has 0 saturated heterocycles. The molecule has 0 aromatic carbocycles. The van der Waals surface area contributed by atoms with Crippen LogP contribution in [0.4, 0.5) is 0 Å². The first kappa shape index (κ1) is 16.1. The van der Waals surface area contributed by atoms with Crippen molar-refractivity contribution in [1.29, 1.82) is 0 Å². The van der Waals surface area contributed by atoms with Gasteiger partial charge in [0.25, 0.3) is 0 Å². The molecule has 0 heterocycles. The van der Waals surface area contributed by atoms with E-state index in [1.807, 2.05) is 6.92 Å². The molecule has 0 amide bonds. The van der Waals surface area contributed by atoms with Crippen LogP contribution in [0.15, 0.2) is 0 Å². The van der Waals surface area contributed by atoms with E-state index in [1.165, 1.54) is 0 Å².